The summed E-state index contributed by atoms with van der Waals surface area (Å²) in [7, 11) is 0. The molecule has 1 aromatic carbocycles. The first kappa shape index (κ1) is 45.9. The minimum atomic E-state index is -1.03. The molecule has 2 rings (SSSR count). The van der Waals surface area contributed by atoms with E-state index in [2.05, 4.69) is 22.9 Å². The monoisotopic (exact) mass is 737 g/mol. The molecule has 0 spiro atoms. The van der Waals surface area contributed by atoms with Gasteiger partial charge in [0.1, 0.15) is 0 Å². The topological polar surface area (TPSA) is 221 Å². The van der Waals surface area contributed by atoms with Gasteiger partial charge in [-0.25, -0.2) is 0 Å². The Morgan fingerprint density at radius 3 is 1.52 bits per heavy atom. The lowest BCUT2D eigenvalue weighted by molar-refractivity contribution is -0.140. The number of carboxylic acid groups (broad SMARTS) is 3. The van der Waals surface area contributed by atoms with Gasteiger partial charge in [-0.3, -0.25) is 48.4 Å². The quantitative estimate of drug-likeness (QED) is 0.0960. The molecule has 0 bridgehead atoms. The lowest BCUT2D eigenvalue weighted by atomic mass is 10.1. The predicted octanol–water partition coefficient (Wildman–Crippen LogP) is -0.143. The van der Waals surface area contributed by atoms with Crippen molar-refractivity contribution in [1.29, 1.82) is 0 Å². The van der Waals surface area contributed by atoms with Gasteiger partial charge in [0.25, 0.3) is 5.91 Å². The molecule has 17 heteroatoms. The van der Waals surface area contributed by atoms with Crippen LogP contribution in [0.4, 0.5) is 0 Å². The molecule has 1 saturated heterocycles. The maximum Gasteiger partial charge on any atom is 0.317 e. The lowest BCUT2D eigenvalue weighted by Gasteiger charge is -2.32. The summed E-state index contributed by atoms with van der Waals surface area (Å²) in [5.74, 6) is -3.69. The minimum Gasteiger partial charge on any atom is -0.480 e. The van der Waals surface area contributed by atoms with E-state index < -0.39 is 17.9 Å². The van der Waals surface area contributed by atoms with E-state index >= 15 is 0 Å². The highest BCUT2D eigenvalue weighted by molar-refractivity contribution is 5.94. The third-order valence-corrected chi connectivity index (χ3v) is 7.94. The number of rotatable bonds is 20. The van der Waals surface area contributed by atoms with Crippen molar-refractivity contribution in [2.75, 3.05) is 105 Å². The van der Waals surface area contributed by atoms with Crippen LogP contribution < -0.4 is 16.0 Å². The highest BCUT2D eigenvalue weighted by Gasteiger charge is 2.21. The molecule has 1 heterocycles. The van der Waals surface area contributed by atoms with E-state index in [1.807, 2.05) is 18.7 Å². The molecule has 0 unspecified atom stereocenters. The summed E-state index contributed by atoms with van der Waals surface area (Å²) in [6, 6.07) is 6.78. The fourth-order valence-electron chi connectivity index (χ4n) is 5.12. The number of nitrogens with zero attached hydrogens (tertiary/aromatic N) is 4. The van der Waals surface area contributed by atoms with Gasteiger partial charge in [-0.05, 0) is 24.1 Å². The Bertz CT molecular complexity index is 1200. The van der Waals surface area contributed by atoms with Crippen LogP contribution in [0.15, 0.2) is 24.3 Å². The standard InChI is InChI=1S/C33H53N7O10.C2H6/c1-2-3-9-34-28(41)8-19-50-20-10-35-33(49)27-6-4-26(5-7-27)21-36-29(42)22-37-11-13-38(23-30(43)44)15-17-40(25-32(47)48)18-16-39(14-12-37)24-31(45)46;1-2/h4-7H,2-3,8-25H2,1H3,(H,34,41)(H,35,49)(H,36,42)(H,43,44)(H,45,46)(H,47,48);1-2H3. The average Bonchev–Trinajstić information content (AvgIpc) is 3.10. The molecule has 0 atom stereocenters. The van der Waals surface area contributed by atoms with Crippen LogP contribution >= 0.6 is 0 Å². The minimum absolute atomic E-state index is 0.000940. The third kappa shape index (κ3) is 21.9. The van der Waals surface area contributed by atoms with Gasteiger partial charge in [0, 0.05) is 84.0 Å². The number of hydrogen-bond donors (Lipinski definition) is 6. The summed E-state index contributed by atoms with van der Waals surface area (Å²) in [4.78, 5) is 78.4. The van der Waals surface area contributed by atoms with Crippen molar-refractivity contribution in [3.63, 3.8) is 0 Å². The van der Waals surface area contributed by atoms with Crippen molar-refractivity contribution in [2.45, 2.75) is 46.6 Å². The molecule has 1 aromatic rings. The zero-order chi connectivity index (χ0) is 38.7. The molecule has 294 valence electrons. The van der Waals surface area contributed by atoms with Crippen LogP contribution in [0.1, 0.15) is 56.0 Å². The van der Waals surface area contributed by atoms with Gasteiger partial charge < -0.3 is 36.0 Å². The highest BCUT2D eigenvalue weighted by Crippen LogP contribution is 2.05. The molecule has 1 aliphatic heterocycles. The van der Waals surface area contributed by atoms with E-state index in [1.54, 1.807) is 39.0 Å². The number of hydrogen-bond acceptors (Lipinski definition) is 11. The molecular weight excluding hydrogens is 678 g/mol. The second-order valence-corrected chi connectivity index (χ2v) is 12.1. The van der Waals surface area contributed by atoms with Gasteiger partial charge in [0.05, 0.1) is 39.4 Å². The SMILES string of the molecule is CC.CCCCNC(=O)CCOCCNC(=O)c1ccc(CNC(=O)CN2CCN(CC(=O)O)CCN(CC(=O)O)CCN(CC(=O)O)CC2)cc1. The molecule has 52 heavy (non-hydrogen) atoms. The number of amides is 3. The van der Waals surface area contributed by atoms with Crippen LogP contribution in [0.2, 0.25) is 0 Å². The number of ether oxygens (including phenoxy) is 1. The zero-order valence-electron chi connectivity index (χ0n) is 30.9. The predicted molar refractivity (Wildman–Crippen MR) is 194 cm³/mol. The first-order valence-corrected chi connectivity index (χ1v) is 18.0. The molecule has 0 radical (unpaired) electrons. The summed E-state index contributed by atoms with van der Waals surface area (Å²) in [5, 5.41) is 36.6. The molecule has 6 N–H and O–H groups in total. The molecular formula is C35H59N7O10. The first-order chi connectivity index (χ1) is 24.9. The Morgan fingerprint density at radius 1 is 0.615 bits per heavy atom. The van der Waals surface area contributed by atoms with Crippen LogP contribution in [0.25, 0.3) is 0 Å². The number of aliphatic carboxylic acids is 3. The fraction of sp³-hybridized carbons (Fsp3) is 0.657. The van der Waals surface area contributed by atoms with E-state index in [9.17, 15) is 44.1 Å². The van der Waals surface area contributed by atoms with Crippen LogP contribution in [0.3, 0.4) is 0 Å². The normalized spacial score (nSPS) is 15.2. The summed E-state index contributed by atoms with van der Waals surface area (Å²) in [6.07, 6.45) is 2.21. The summed E-state index contributed by atoms with van der Waals surface area (Å²) in [5.41, 5.74) is 1.22. The average molecular weight is 738 g/mol. The van der Waals surface area contributed by atoms with Crippen LogP contribution in [0.5, 0.6) is 0 Å². The van der Waals surface area contributed by atoms with Gasteiger partial charge in [0.2, 0.25) is 11.8 Å². The van der Waals surface area contributed by atoms with Gasteiger partial charge in [-0.1, -0.05) is 39.3 Å². The Labute approximate surface area is 306 Å². The molecule has 0 aromatic heterocycles. The number of carboxylic acids is 3. The molecule has 1 fully saturated rings. The van der Waals surface area contributed by atoms with Crippen molar-refractivity contribution in [3.05, 3.63) is 35.4 Å². The molecule has 3 amide bonds. The Kier molecular flexibility index (Phi) is 24.2. The number of nitrogens with one attached hydrogen (secondary N) is 3. The zero-order valence-corrected chi connectivity index (χ0v) is 30.9. The van der Waals surface area contributed by atoms with E-state index in [4.69, 9.17) is 4.74 Å². The largest absolute Gasteiger partial charge is 0.480 e. The van der Waals surface area contributed by atoms with Gasteiger partial charge in [0.15, 0.2) is 0 Å². The van der Waals surface area contributed by atoms with Crippen molar-refractivity contribution in [2.24, 2.45) is 0 Å². The molecule has 17 nitrogen and oxygen atoms in total. The molecule has 1 aliphatic rings. The number of benzene rings is 1. The summed E-state index contributed by atoms with van der Waals surface area (Å²) >= 11 is 0. The van der Waals surface area contributed by atoms with Crippen molar-refractivity contribution in [1.82, 2.24) is 35.6 Å². The van der Waals surface area contributed by atoms with Crippen LogP contribution in [-0.2, 0) is 35.3 Å². The van der Waals surface area contributed by atoms with Crippen molar-refractivity contribution < 1.29 is 48.8 Å². The van der Waals surface area contributed by atoms with Gasteiger partial charge in [-0.15, -0.1) is 0 Å². The van der Waals surface area contributed by atoms with E-state index in [1.165, 1.54) is 0 Å². The fourth-order valence-corrected chi connectivity index (χ4v) is 5.12. The Morgan fingerprint density at radius 2 is 1.08 bits per heavy atom. The maximum absolute atomic E-state index is 13.0. The smallest absolute Gasteiger partial charge is 0.317 e. The first-order valence-electron chi connectivity index (χ1n) is 18.0. The Balaban J connectivity index is 0.00000664. The van der Waals surface area contributed by atoms with E-state index in [-0.39, 0.29) is 89.7 Å². The second kappa shape index (κ2) is 27.5. The highest BCUT2D eigenvalue weighted by atomic mass is 16.5. The van der Waals surface area contributed by atoms with E-state index in [0.717, 1.165) is 18.4 Å². The van der Waals surface area contributed by atoms with Crippen molar-refractivity contribution >= 4 is 35.6 Å². The molecule has 0 saturated carbocycles. The second-order valence-electron chi connectivity index (χ2n) is 12.1. The number of carbonyl (C=O) groups is 6. The third-order valence-electron chi connectivity index (χ3n) is 7.94. The van der Waals surface area contributed by atoms with Crippen LogP contribution in [0, 0.1) is 0 Å². The van der Waals surface area contributed by atoms with E-state index in [0.29, 0.717) is 51.4 Å². The van der Waals surface area contributed by atoms with Gasteiger partial charge >= 0.3 is 17.9 Å². The number of unbranched alkanes of at least 4 members (excludes halogenated alkanes) is 1. The maximum atomic E-state index is 13.0. The summed E-state index contributed by atoms with van der Waals surface area (Å²) < 4.78 is 5.43. The Hall–Kier alpha value is -4.16. The molecule has 0 aliphatic carbocycles. The van der Waals surface area contributed by atoms with Crippen LogP contribution in [-0.4, -0.2) is 175 Å². The number of carbonyl (C=O) groups excluding carboxylic acids is 3. The van der Waals surface area contributed by atoms with Gasteiger partial charge in [-0.2, -0.15) is 0 Å². The lowest BCUT2D eigenvalue weighted by Crippen LogP contribution is -2.49. The summed E-state index contributed by atoms with van der Waals surface area (Å²) in [6.45, 7) is 9.47. The van der Waals surface area contributed by atoms with Crippen molar-refractivity contribution in [3.8, 4) is 0 Å².